The summed E-state index contributed by atoms with van der Waals surface area (Å²) in [6, 6.07) is 6.14. The predicted molar refractivity (Wildman–Crippen MR) is 78.3 cm³/mol. The molecule has 2 rings (SSSR count). The molecule has 0 unspecified atom stereocenters. The number of anilines is 1. The number of urea groups is 1. The van der Waals surface area contributed by atoms with E-state index in [2.05, 4.69) is 17.6 Å². The minimum atomic E-state index is -0.341. The van der Waals surface area contributed by atoms with Crippen molar-refractivity contribution in [2.45, 2.75) is 32.2 Å². The van der Waals surface area contributed by atoms with E-state index in [0.29, 0.717) is 5.69 Å². The Balaban J connectivity index is 2.02. The van der Waals surface area contributed by atoms with Crippen LogP contribution in [0.15, 0.2) is 24.3 Å². The van der Waals surface area contributed by atoms with Gasteiger partial charge in [-0.15, -0.1) is 0 Å². The highest BCUT2D eigenvalue weighted by Crippen LogP contribution is 2.16. The normalized spacial score (nSPS) is 15.9. The van der Waals surface area contributed by atoms with Crippen molar-refractivity contribution in [1.82, 2.24) is 10.2 Å². The summed E-state index contributed by atoms with van der Waals surface area (Å²) in [4.78, 5) is 14.3. The summed E-state index contributed by atoms with van der Waals surface area (Å²) in [5.41, 5.74) is 0.505. The molecule has 110 valence electrons. The number of nitrogens with one attached hydrogen (secondary N) is 2. The fourth-order valence-electron chi connectivity index (χ4n) is 2.57. The molecule has 0 aromatic heterocycles. The van der Waals surface area contributed by atoms with Crippen LogP contribution in [0.3, 0.4) is 0 Å². The van der Waals surface area contributed by atoms with Crippen LogP contribution in [0.4, 0.5) is 14.9 Å². The maximum atomic E-state index is 13.1. The van der Waals surface area contributed by atoms with Crippen molar-refractivity contribution in [3.05, 3.63) is 30.1 Å². The second-order valence-electron chi connectivity index (χ2n) is 5.12. The number of hydrogen-bond donors (Lipinski definition) is 2. The molecule has 0 atom stereocenters. The molecule has 0 aliphatic carbocycles. The first-order chi connectivity index (χ1) is 9.70. The molecule has 4 nitrogen and oxygen atoms in total. The number of halogens is 1. The number of hydrogen-bond acceptors (Lipinski definition) is 2. The molecule has 1 aromatic rings. The molecule has 2 amide bonds. The maximum Gasteiger partial charge on any atom is 0.322 e. The smallest absolute Gasteiger partial charge is 0.321 e. The van der Waals surface area contributed by atoms with E-state index in [1.54, 1.807) is 12.1 Å². The lowest BCUT2D eigenvalue weighted by atomic mass is 10.0. The maximum absolute atomic E-state index is 13.1. The summed E-state index contributed by atoms with van der Waals surface area (Å²) in [7, 11) is 0. The third-order valence-corrected chi connectivity index (χ3v) is 3.55. The Bertz CT molecular complexity index is 446. The Morgan fingerprint density at radius 1 is 1.45 bits per heavy atom. The number of rotatable bonds is 4. The van der Waals surface area contributed by atoms with Crippen LogP contribution in [0.5, 0.6) is 0 Å². The van der Waals surface area contributed by atoms with Gasteiger partial charge in [0.2, 0.25) is 0 Å². The molecule has 0 spiro atoms. The first-order valence-corrected chi connectivity index (χ1v) is 7.24. The first kappa shape index (κ1) is 14.8. The first-order valence-electron chi connectivity index (χ1n) is 7.24. The molecular weight excluding hydrogens is 257 g/mol. The molecule has 1 saturated heterocycles. The molecular formula is C15H22FN3O. The summed E-state index contributed by atoms with van der Waals surface area (Å²) in [5, 5.41) is 6.09. The van der Waals surface area contributed by atoms with E-state index in [0.717, 1.165) is 38.9 Å². The van der Waals surface area contributed by atoms with Gasteiger partial charge in [-0.05, 0) is 50.6 Å². The van der Waals surface area contributed by atoms with Gasteiger partial charge in [0.15, 0.2) is 0 Å². The van der Waals surface area contributed by atoms with Crippen molar-refractivity contribution < 1.29 is 9.18 Å². The van der Waals surface area contributed by atoms with Crippen LogP contribution in [-0.2, 0) is 0 Å². The standard InChI is InChI=1S/C15H22FN3O/c1-2-10-19(14-6-8-17-9-7-14)15(20)18-13-5-3-4-12(16)11-13/h3-5,11,14,17H,2,6-10H2,1H3,(H,18,20). The number of carbonyl (C=O) groups is 1. The number of benzene rings is 1. The molecule has 0 bridgehead atoms. The van der Waals surface area contributed by atoms with Crippen molar-refractivity contribution in [2.75, 3.05) is 25.0 Å². The molecule has 0 saturated carbocycles. The summed E-state index contributed by atoms with van der Waals surface area (Å²) in [6.07, 6.45) is 2.85. The lowest BCUT2D eigenvalue weighted by Crippen LogP contribution is -2.48. The minimum Gasteiger partial charge on any atom is -0.321 e. The number of amides is 2. The van der Waals surface area contributed by atoms with E-state index >= 15 is 0 Å². The lowest BCUT2D eigenvalue weighted by molar-refractivity contribution is 0.171. The van der Waals surface area contributed by atoms with Crippen LogP contribution in [0.1, 0.15) is 26.2 Å². The number of nitrogens with zero attached hydrogens (tertiary/aromatic N) is 1. The zero-order chi connectivity index (χ0) is 14.4. The summed E-state index contributed by atoms with van der Waals surface area (Å²) >= 11 is 0. The van der Waals surface area contributed by atoms with Gasteiger partial charge in [-0.1, -0.05) is 13.0 Å². The highest BCUT2D eigenvalue weighted by molar-refractivity contribution is 5.89. The second-order valence-corrected chi connectivity index (χ2v) is 5.12. The fourth-order valence-corrected chi connectivity index (χ4v) is 2.57. The fraction of sp³-hybridized carbons (Fsp3) is 0.533. The molecule has 2 N–H and O–H groups in total. The Labute approximate surface area is 119 Å². The summed E-state index contributed by atoms with van der Waals surface area (Å²) < 4.78 is 13.1. The van der Waals surface area contributed by atoms with Gasteiger partial charge in [-0.2, -0.15) is 0 Å². The summed E-state index contributed by atoms with van der Waals surface area (Å²) in [6.45, 7) is 4.67. The van der Waals surface area contributed by atoms with Crippen molar-refractivity contribution in [3.8, 4) is 0 Å². The average Bonchev–Trinajstić information content (AvgIpc) is 2.45. The van der Waals surface area contributed by atoms with Crippen LogP contribution in [0, 0.1) is 5.82 Å². The van der Waals surface area contributed by atoms with Gasteiger partial charge in [0.25, 0.3) is 0 Å². The van der Waals surface area contributed by atoms with Crippen molar-refractivity contribution in [3.63, 3.8) is 0 Å². The Morgan fingerprint density at radius 2 is 2.20 bits per heavy atom. The minimum absolute atomic E-state index is 0.135. The van der Waals surface area contributed by atoms with Crippen LogP contribution < -0.4 is 10.6 Å². The quantitative estimate of drug-likeness (QED) is 0.890. The Hall–Kier alpha value is -1.62. The topological polar surface area (TPSA) is 44.4 Å². The van der Waals surface area contributed by atoms with Gasteiger partial charge in [0.1, 0.15) is 5.82 Å². The van der Waals surface area contributed by atoms with E-state index in [-0.39, 0.29) is 17.9 Å². The average molecular weight is 279 g/mol. The van der Waals surface area contributed by atoms with Crippen molar-refractivity contribution in [1.29, 1.82) is 0 Å². The predicted octanol–water partition coefficient (Wildman–Crippen LogP) is 2.82. The third kappa shape index (κ3) is 3.93. The van der Waals surface area contributed by atoms with Crippen molar-refractivity contribution in [2.24, 2.45) is 0 Å². The zero-order valence-corrected chi connectivity index (χ0v) is 11.9. The third-order valence-electron chi connectivity index (χ3n) is 3.55. The molecule has 20 heavy (non-hydrogen) atoms. The molecule has 1 heterocycles. The van der Waals surface area contributed by atoms with Gasteiger partial charge in [0.05, 0.1) is 0 Å². The zero-order valence-electron chi connectivity index (χ0n) is 11.9. The van der Waals surface area contributed by atoms with Crippen LogP contribution in [-0.4, -0.2) is 36.6 Å². The van der Waals surface area contributed by atoms with E-state index in [1.807, 2.05) is 4.90 Å². The number of carbonyl (C=O) groups excluding carboxylic acids is 1. The Kier molecular flexibility index (Phi) is 5.35. The highest BCUT2D eigenvalue weighted by Gasteiger charge is 2.24. The lowest BCUT2D eigenvalue weighted by Gasteiger charge is -2.34. The van der Waals surface area contributed by atoms with Crippen LogP contribution in [0.25, 0.3) is 0 Å². The van der Waals surface area contributed by atoms with E-state index in [9.17, 15) is 9.18 Å². The van der Waals surface area contributed by atoms with E-state index in [1.165, 1.54) is 12.1 Å². The second kappa shape index (κ2) is 7.24. The highest BCUT2D eigenvalue weighted by atomic mass is 19.1. The molecule has 1 aliphatic heterocycles. The number of piperidine rings is 1. The molecule has 5 heteroatoms. The monoisotopic (exact) mass is 279 g/mol. The summed E-state index contributed by atoms with van der Waals surface area (Å²) in [5.74, 6) is -0.341. The van der Waals surface area contributed by atoms with Crippen LogP contribution in [0.2, 0.25) is 0 Å². The Morgan fingerprint density at radius 3 is 2.85 bits per heavy atom. The van der Waals surface area contributed by atoms with Gasteiger partial charge >= 0.3 is 6.03 Å². The molecule has 1 fully saturated rings. The molecule has 0 radical (unpaired) electrons. The van der Waals surface area contributed by atoms with E-state index < -0.39 is 0 Å². The molecule has 1 aromatic carbocycles. The molecule has 1 aliphatic rings. The van der Waals surface area contributed by atoms with Gasteiger partial charge in [-0.25, -0.2) is 9.18 Å². The largest absolute Gasteiger partial charge is 0.322 e. The van der Waals surface area contributed by atoms with E-state index in [4.69, 9.17) is 0 Å². The van der Waals surface area contributed by atoms with Gasteiger partial charge in [-0.3, -0.25) is 0 Å². The van der Waals surface area contributed by atoms with Crippen molar-refractivity contribution >= 4 is 11.7 Å². The SMILES string of the molecule is CCCN(C(=O)Nc1cccc(F)c1)C1CCNCC1. The van der Waals surface area contributed by atoms with Gasteiger partial charge in [0, 0.05) is 18.3 Å². The van der Waals surface area contributed by atoms with Crippen LogP contribution >= 0.6 is 0 Å². The van der Waals surface area contributed by atoms with Gasteiger partial charge < -0.3 is 15.5 Å².